The van der Waals surface area contributed by atoms with Crippen LogP contribution in [0.4, 0.5) is 0 Å². The van der Waals surface area contributed by atoms with Crippen LogP contribution >= 0.6 is 0 Å². The van der Waals surface area contributed by atoms with Crippen molar-refractivity contribution in [1.82, 2.24) is 10.6 Å². The molecule has 0 aromatic heterocycles. The molecule has 1 rings (SSSR count). The molecule has 1 aromatic rings. The normalized spacial score (nSPS) is 9.80. The van der Waals surface area contributed by atoms with Crippen molar-refractivity contribution in [2.24, 2.45) is 0 Å². The van der Waals surface area contributed by atoms with Crippen LogP contribution in [0, 0.1) is 0 Å². The SMILES string of the molecule is O=C(O)CNC(=O)CNC(=O)CCc1ccccc1O. The molecule has 0 radical (unpaired) electrons. The lowest BCUT2D eigenvalue weighted by Gasteiger charge is -2.06. The van der Waals surface area contributed by atoms with E-state index in [1.165, 1.54) is 6.07 Å². The summed E-state index contributed by atoms with van der Waals surface area (Å²) in [6.45, 7) is -0.751. The summed E-state index contributed by atoms with van der Waals surface area (Å²) in [4.78, 5) is 32.8. The van der Waals surface area contributed by atoms with Gasteiger partial charge in [-0.3, -0.25) is 14.4 Å². The maximum Gasteiger partial charge on any atom is 0.322 e. The number of carboxylic acids is 1. The van der Waals surface area contributed by atoms with E-state index in [1.54, 1.807) is 18.2 Å². The zero-order chi connectivity index (χ0) is 15.0. The van der Waals surface area contributed by atoms with Crippen LogP contribution in [-0.4, -0.2) is 41.1 Å². The zero-order valence-corrected chi connectivity index (χ0v) is 10.8. The predicted molar refractivity (Wildman–Crippen MR) is 70.1 cm³/mol. The van der Waals surface area contributed by atoms with Crippen molar-refractivity contribution < 1.29 is 24.6 Å². The number of rotatable bonds is 7. The van der Waals surface area contributed by atoms with Gasteiger partial charge in [-0.1, -0.05) is 18.2 Å². The molecule has 0 fully saturated rings. The number of nitrogens with one attached hydrogen (secondary N) is 2. The summed E-state index contributed by atoms with van der Waals surface area (Å²) < 4.78 is 0. The minimum absolute atomic E-state index is 0.125. The predicted octanol–water partition coefficient (Wildman–Crippen LogP) is -0.358. The average Bonchev–Trinajstić information content (AvgIpc) is 2.42. The van der Waals surface area contributed by atoms with E-state index in [9.17, 15) is 19.5 Å². The van der Waals surface area contributed by atoms with Crippen molar-refractivity contribution in [1.29, 1.82) is 0 Å². The number of carboxylic acid groups (broad SMARTS) is 1. The molecule has 4 N–H and O–H groups in total. The highest BCUT2D eigenvalue weighted by molar-refractivity contribution is 5.86. The quantitative estimate of drug-likeness (QED) is 0.544. The number of phenols is 1. The molecule has 0 spiro atoms. The van der Waals surface area contributed by atoms with E-state index >= 15 is 0 Å². The summed E-state index contributed by atoms with van der Waals surface area (Å²) in [5, 5.41) is 22.4. The smallest absolute Gasteiger partial charge is 0.322 e. The van der Waals surface area contributed by atoms with Gasteiger partial charge in [-0.25, -0.2) is 0 Å². The van der Waals surface area contributed by atoms with Crippen molar-refractivity contribution >= 4 is 17.8 Å². The van der Waals surface area contributed by atoms with Crippen LogP contribution in [0.3, 0.4) is 0 Å². The molecule has 2 amide bonds. The number of carbonyl (C=O) groups is 3. The summed E-state index contributed by atoms with van der Waals surface area (Å²) in [6.07, 6.45) is 0.485. The van der Waals surface area contributed by atoms with E-state index in [0.29, 0.717) is 12.0 Å². The number of phenolic OH excluding ortho intramolecular Hbond substituents is 1. The topological polar surface area (TPSA) is 116 Å². The molecule has 20 heavy (non-hydrogen) atoms. The van der Waals surface area contributed by atoms with Gasteiger partial charge in [-0.15, -0.1) is 0 Å². The first-order valence-corrected chi connectivity index (χ1v) is 6.01. The Kier molecular flexibility index (Phi) is 6.02. The number of aromatic hydroxyl groups is 1. The van der Waals surface area contributed by atoms with Gasteiger partial charge in [0, 0.05) is 6.42 Å². The Balaban J connectivity index is 2.25. The molecule has 0 aliphatic carbocycles. The fourth-order valence-electron chi connectivity index (χ4n) is 1.47. The Hall–Kier alpha value is -2.57. The molecule has 0 heterocycles. The van der Waals surface area contributed by atoms with Crippen LogP contribution in [-0.2, 0) is 20.8 Å². The van der Waals surface area contributed by atoms with Gasteiger partial charge < -0.3 is 20.8 Å². The number of hydrogen-bond donors (Lipinski definition) is 4. The number of aryl methyl sites for hydroxylation is 1. The van der Waals surface area contributed by atoms with Crippen LogP contribution in [0.25, 0.3) is 0 Å². The molecular formula is C13H16N2O5. The molecule has 0 unspecified atom stereocenters. The maximum absolute atomic E-state index is 11.5. The molecule has 0 bridgehead atoms. The van der Waals surface area contributed by atoms with Gasteiger partial charge in [-0.2, -0.15) is 0 Å². The fourth-order valence-corrected chi connectivity index (χ4v) is 1.47. The van der Waals surface area contributed by atoms with Gasteiger partial charge in [0.25, 0.3) is 0 Å². The zero-order valence-electron chi connectivity index (χ0n) is 10.8. The first-order valence-electron chi connectivity index (χ1n) is 6.01. The third-order valence-corrected chi connectivity index (χ3v) is 2.50. The van der Waals surface area contributed by atoms with E-state index in [0.717, 1.165) is 0 Å². The van der Waals surface area contributed by atoms with Crippen LogP contribution in [0.2, 0.25) is 0 Å². The molecule has 7 heteroatoms. The Morgan fingerprint density at radius 2 is 1.65 bits per heavy atom. The number of hydrogen-bond acceptors (Lipinski definition) is 4. The van der Waals surface area contributed by atoms with E-state index < -0.39 is 18.4 Å². The molecule has 0 aliphatic rings. The number of amides is 2. The van der Waals surface area contributed by atoms with Gasteiger partial charge in [0.05, 0.1) is 6.54 Å². The van der Waals surface area contributed by atoms with Crippen molar-refractivity contribution in [2.45, 2.75) is 12.8 Å². The summed E-state index contributed by atoms with van der Waals surface area (Å²) in [6, 6.07) is 6.69. The van der Waals surface area contributed by atoms with Crippen molar-refractivity contribution in [3.05, 3.63) is 29.8 Å². The van der Waals surface area contributed by atoms with Gasteiger partial charge in [-0.05, 0) is 18.1 Å². The molecule has 7 nitrogen and oxygen atoms in total. The summed E-state index contributed by atoms with van der Waals surface area (Å²) >= 11 is 0. The number of aliphatic carboxylic acids is 1. The Morgan fingerprint density at radius 1 is 1.00 bits per heavy atom. The highest BCUT2D eigenvalue weighted by Gasteiger charge is 2.08. The lowest BCUT2D eigenvalue weighted by Crippen LogP contribution is -2.39. The second-order valence-corrected chi connectivity index (χ2v) is 4.08. The van der Waals surface area contributed by atoms with E-state index in [2.05, 4.69) is 10.6 Å². The van der Waals surface area contributed by atoms with Crippen molar-refractivity contribution in [3.8, 4) is 5.75 Å². The van der Waals surface area contributed by atoms with Gasteiger partial charge in [0.1, 0.15) is 12.3 Å². The van der Waals surface area contributed by atoms with E-state index in [4.69, 9.17) is 5.11 Å². The minimum atomic E-state index is -1.15. The molecule has 108 valence electrons. The minimum Gasteiger partial charge on any atom is -0.508 e. The molecule has 0 atom stereocenters. The highest BCUT2D eigenvalue weighted by atomic mass is 16.4. The molecular weight excluding hydrogens is 264 g/mol. The second kappa shape index (κ2) is 7.78. The highest BCUT2D eigenvalue weighted by Crippen LogP contribution is 2.16. The molecule has 1 aromatic carbocycles. The van der Waals surface area contributed by atoms with Gasteiger partial charge in [0.15, 0.2) is 0 Å². The summed E-state index contributed by atoms with van der Waals surface area (Å²) in [5.41, 5.74) is 0.651. The standard InChI is InChI=1S/C13H16N2O5/c16-10-4-2-1-3-9(10)5-6-11(17)14-7-12(18)15-8-13(19)20/h1-4,16H,5-8H2,(H,14,17)(H,15,18)(H,19,20). The summed E-state index contributed by atoms with van der Waals surface area (Å²) in [5.74, 6) is -1.94. The van der Waals surface area contributed by atoms with Crippen molar-refractivity contribution in [3.63, 3.8) is 0 Å². The monoisotopic (exact) mass is 280 g/mol. The van der Waals surface area contributed by atoms with Crippen LogP contribution in [0.15, 0.2) is 24.3 Å². The number of carbonyl (C=O) groups excluding carboxylic acids is 2. The average molecular weight is 280 g/mol. The lowest BCUT2D eigenvalue weighted by atomic mass is 10.1. The number of para-hydroxylation sites is 1. The summed E-state index contributed by atoms with van der Waals surface area (Å²) in [7, 11) is 0. The lowest BCUT2D eigenvalue weighted by molar-refractivity contribution is -0.137. The third kappa shape index (κ3) is 5.85. The molecule has 0 saturated carbocycles. The third-order valence-electron chi connectivity index (χ3n) is 2.50. The molecule has 0 saturated heterocycles. The van der Waals surface area contributed by atoms with Crippen molar-refractivity contribution in [2.75, 3.05) is 13.1 Å². The number of benzene rings is 1. The van der Waals surface area contributed by atoms with Crippen LogP contribution < -0.4 is 10.6 Å². The largest absolute Gasteiger partial charge is 0.508 e. The van der Waals surface area contributed by atoms with Crippen LogP contribution in [0.1, 0.15) is 12.0 Å². The van der Waals surface area contributed by atoms with E-state index in [-0.39, 0.29) is 24.6 Å². The van der Waals surface area contributed by atoms with Gasteiger partial charge in [0.2, 0.25) is 11.8 Å². The fraction of sp³-hybridized carbons (Fsp3) is 0.308. The Labute approximate surface area is 115 Å². The van der Waals surface area contributed by atoms with E-state index in [1.807, 2.05) is 0 Å². The first kappa shape index (κ1) is 15.5. The Morgan fingerprint density at radius 3 is 2.30 bits per heavy atom. The first-order chi connectivity index (χ1) is 9.49. The van der Waals surface area contributed by atoms with Gasteiger partial charge >= 0.3 is 5.97 Å². The maximum atomic E-state index is 11.5. The second-order valence-electron chi connectivity index (χ2n) is 4.08. The molecule has 0 aliphatic heterocycles. The van der Waals surface area contributed by atoms with Crippen LogP contribution in [0.5, 0.6) is 5.75 Å². The Bertz CT molecular complexity index is 501.